The van der Waals surface area contributed by atoms with Crippen molar-refractivity contribution in [2.45, 2.75) is 44.0 Å². The van der Waals surface area contributed by atoms with Gasteiger partial charge in [-0.3, -0.25) is 10.2 Å². The molecule has 0 aliphatic rings. The standard InChI is InChI=1S/C27H32N4O3S/c1-2-3-6-16-31(19-21-8-7-9-23(17-21)27(28)29)26(32)18-20-12-14-22(15-13-20)24-10-4-5-11-25(24)35(30,33)34/h4-5,7-15,17H,2-3,6,16,18-19H2,1H3,(H3,28,29)(H2,30,33,34). The minimum atomic E-state index is -3.85. The number of benzene rings is 3. The summed E-state index contributed by atoms with van der Waals surface area (Å²) in [6.45, 7) is 3.22. The number of sulfonamides is 1. The third kappa shape index (κ3) is 7.24. The molecule has 0 aliphatic carbocycles. The van der Waals surface area contributed by atoms with Gasteiger partial charge in [0.05, 0.1) is 11.3 Å². The van der Waals surface area contributed by atoms with Crippen molar-refractivity contribution in [1.82, 2.24) is 4.90 Å². The molecule has 0 saturated carbocycles. The number of nitrogens with zero attached hydrogens (tertiary/aromatic N) is 1. The van der Waals surface area contributed by atoms with Gasteiger partial charge in [-0.25, -0.2) is 13.6 Å². The molecule has 0 unspecified atom stereocenters. The molecule has 3 aromatic carbocycles. The smallest absolute Gasteiger partial charge is 0.238 e. The van der Waals surface area contributed by atoms with Crippen LogP contribution in [0, 0.1) is 5.41 Å². The van der Waals surface area contributed by atoms with E-state index in [9.17, 15) is 13.2 Å². The van der Waals surface area contributed by atoms with E-state index < -0.39 is 10.0 Å². The molecule has 0 atom stereocenters. The molecule has 0 aliphatic heterocycles. The largest absolute Gasteiger partial charge is 0.384 e. The first-order chi connectivity index (χ1) is 16.7. The average molecular weight is 493 g/mol. The molecular formula is C27H32N4O3S. The lowest BCUT2D eigenvalue weighted by molar-refractivity contribution is -0.131. The summed E-state index contributed by atoms with van der Waals surface area (Å²) >= 11 is 0. The van der Waals surface area contributed by atoms with Crippen molar-refractivity contribution in [3.05, 3.63) is 89.5 Å². The molecule has 0 spiro atoms. The highest BCUT2D eigenvalue weighted by molar-refractivity contribution is 7.89. The van der Waals surface area contributed by atoms with Gasteiger partial charge in [-0.05, 0) is 35.2 Å². The molecule has 8 heteroatoms. The van der Waals surface area contributed by atoms with Gasteiger partial charge in [0.1, 0.15) is 5.84 Å². The fourth-order valence-corrected chi connectivity index (χ4v) is 4.70. The molecule has 35 heavy (non-hydrogen) atoms. The lowest BCUT2D eigenvalue weighted by atomic mass is 10.0. The minimum Gasteiger partial charge on any atom is -0.384 e. The zero-order valence-corrected chi connectivity index (χ0v) is 20.7. The van der Waals surface area contributed by atoms with E-state index in [1.54, 1.807) is 24.3 Å². The van der Waals surface area contributed by atoms with E-state index in [4.69, 9.17) is 16.3 Å². The van der Waals surface area contributed by atoms with E-state index in [1.807, 2.05) is 47.4 Å². The highest BCUT2D eigenvalue weighted by atomic mass is 32.2. The molecular weight excluding hydrogens is 460 g/mol. The van der Waals surface area contributed by atoms with E-state index in [1.165, 1.54) is 6.07 Å². The average Bonchev–Trinajstić information content (AvgIpc) is 2.83. The first-order valence-corrected chi connectivity index (χ1v) is 13.2. The number of hydrogen-bond donors (Lipinski definition) is 3. The highest BCUT2D eigenvalue weighted by Crippen LogP contribution is 2.27. The number of unbranched alkanes of at least 4 members (excludes halogenated alkanes) is 2. The van der Waals surface area contributed by atoms with Gasteiger partial charge >= 0.3 is 0 Å². The van der Waals surface area contributed by atoms with Gasteiger partial charge in [0.2, 0.25) is 15.9 Å². The predicted octanol–water partition coefficient (Wildman–Crippen LogP) is 4.05. The van der Waals surface area contributed by atoms with Crippen LogP contribution in [0.3, 0.4) is 0 Å². The van der Waals surface area contributed by atoms with Crippen molar-refractivity contribution in [2.75, 3.05) is 6.54 Å². The Bertz CT molecular complexity index is 1290. The normalized spacial score (nSPS) is 11.3. The Morgan fingerprint density at radius 2 is 1.66 bits per heavy atom. The van der Waals surface area contributed by atoms with Gasteiger partial charge < -0.3 is 10.6 Å². The Labute approximate surface area is 207 Å². The highest BCUT2D eigenvalue weighted by Gasteiger charge is 2.17. The second-order valence-corrected chi connectivity index (χ2v) is 10.1. The maximum atomic E-state index is 13.2. The fourth-order valence-electron chi connectivity index (χ4n) is 3.94. The van der Waals surface area contributed by atoms with E-state index in [2.05, 4.69) is 6.92 Å². The summed E-state index contributed by atoms with van der Waals surface area (Å²) in [5, 5.41) is 13.0. The van der Waals surface area contributed by atoms with Crippen molar-refractivity contribution < 1.29 is 13.2 Å². The number of carbonyl (C=O) groups excluding carboxylic acids is 1. The van der Waals surface area contributed by atoms with E-state index in [0.717, 1.165) is 30.4 Å². The Morgan fingerprint density at radius 3 is 2.31 bits per heavy atom. The number of nitrogen functional groups attached to an aromatic ring is 1. The monoisotopic (exact) mass is 492 g/mol. The zero-order valence-electron chi connectivity index (χ0n) is 19.9. The van der Waals surface area contributed by atoms with E-state index in [-0.39, 0.29) is 23.1 Å². The molecule has 3 aromatic rings. The number of rotatable bonds is 11. The molecule has 0 heterocycles. The van der Waals surface area contributed by atoms with Crippen LogP contribution in [0.5, 0.6) is 0 Å². The molecule has 0 bridgehead atoms. The van der Waals surface area contributed by atoms with E-state index >= 15 is 0 Å². The third-order valence-electron chi connectivity index (χ3n) is 5.81. The molecule has 0 saturated heterocycles. The maximum absolute atomic E-state index is 13.2. The van der Waals surface area contributed by atoms with Crippen LogP contribution in [0.15, 0.2) is 77.7 Å². The SMILES string of the molecule is CCCCCN(Cc1cccc(C(=N)N)c1)C(=O)Cc1ccc(-c2ccccc2S(N)(=O)=O)cc1. The Kier molecular flexibility index (Phi) is 8.78. The molecule has 5 N–H and O–H groups in total. The van der Waals surface area contributed by atoms with Crippen molar-refractivity contribution in [3.8, 4) is 11.1 Å². The first kappa shape index (κ1) is 26.1. The molecule has 0 radical (unpaired) electrons. The number of nitrogens with two attached hydrogens (primary N) is 2. The Balaban J connectivity index is 1.77. The maximum Gasteiger partial charge on any atom is 0.238 e. The summed E-state index contributed by atoms with van der Waals surface area (Å²) in [6.07, 6.45) is 3.24. The number of nitrogens with one attached hydrogen (secondary N) is 1. The van der Waals surface area contributed by atoms with Crippen molar-refractivity contribution >= 4 is 21.8 Å². The van der Waals surface area contributed by atoms with Gasteiger partial charge in [0.15, 0.2) is 0 Å². The number of hydrogen-bond acceptors (Lipinski definition) is 4. The summed E-state index contributed by atoms with van der Waals surface area (Å²) in [5.74, 6) is 0.00632. The van der Waals surface area contributed by atoms with Crippen LogP contribution in [0.4, 0.5) is 0 Å². The summed E-state index contributed by atoms with van der Waals surface area (Å²) in [6, 6.07) is 21.3. The van der Waals surface area contributed by atoms with Gasteiger partial charge in [0, 0.05) is 24.2 Å². The molecule has 0 fully saturated rings. The lowest BCUT2D eigenvalue weighted by Crippen LogP contribution is -2.33. The van der Waals surface area contributed by atoms with Crippen LogP contribution in [0.2, 0.25) is 0 Å². The number of amides is 1. The van der Waals surface area contributed by atoms with Crippen LogP contribution in [0.25, 0.3) is 11.1 Å². The Morgan fingerprint density at radius 1 is 0.943 bits per heavy atom. The molecule has 184 valence electrons. The van der Waals surface area contributed by atoms with Crippen molar-refractivity contribution in [3.63, 3.8) is 0 Å². The van der Waals surface area contributed by atoms with Crippen molar-refractivity contribution in [1.29, 1.82) is 5.41 Å². The van der Waals surface area contributed by atoms with Crippen molar-refractivity contribution in [2.24, 2.45) is 10.9 Å². The quantitative estimate of drug-likeness (QED) is 0.212. The van der Waals surface area contributed by atoms with Crippen LogP contribution < -0.4 is 10.9 Å². The van der Waals surface area contributed by atoms with Crippen LogP contribution in [0.1, 0.15) is 42.9 Å². The van der Waals surface area contributed by atoms with Gasteiger partial charge in [-0.1, -0.05) is 80.4 Å². The van der Waals surface area contributed by atoms with Gasteiger partial charge in [-0.15, -0.1) is 0 Å². The predicted molar refractivity (Wildman–Crippen MR) is 139 cm³/mol. The van der Waals surface area contributed by atoms with Crippen LogP contribution >= 0.6 is 0 Å². The fraction of sp³-hybridized carbons (Fsp3) is 0.259. The van der Waals surface area contributed by atoms with Crippen LogP contribution in [-0.2, 0) is 27.8 Å². The second-order valence-electron chi connectivity index (χ2n) is 8.55. The summed E-state index contributed by atoms with van der Waals surface area (Å²) in [7, 11) is -3.85. The molecule has 7 nitrogen and oxygen atoms in total. The number of primary sulfonamides is 1. The minimum absolute atomic E-state index is 0.000177. The molecule has 0 aromatic heterocycles. The van der Waals surface area contributed by atoms with E-state index in [0.29, 0.717) is 29.8 Å². The number of amidine groups is 1. The first-order valence-electron chi connectivity index (χ1n) is 11.6. The Hall–Kier alpha value is -3.49. The molecule has 1 amide bonds. The summed E-state index contributed by atoms with van der Waals surface area (Å²) < 4.78 is 23.9. The molecule has 3 rings (SSSR count). The topological polar surface area (TPSA) is 130 Å². The second kappa shape index (κ2) is 11.8. The zero-order chi connectivity index (χ0) is 25.4. The lowest BCUT2D eigenvalue weighted by Gasteiger charge is -2.23. The van der Waals surface area contributed by atoms with Gasteiger partial charge in [0.25, 0.3) is 0 Å². The summed E-state index contributed by atoms with van der Waals surface area (Å²) in [5.41, 5.74) is 9.27. The van der Waals surface area contributed by atoms with Gasteiger partial charge in [-0.2, -0.15) is 0 Å². The third-order valence-corrected chi connectivity index (χ3v) is 6.78. The summed E-state index contributed by atoms with van der Waals surface area (Å²) in [4.78, 5) is 15.1. The van der Waals surface area contributed by atoms with Crippen LogP contribution in [-0.4, -0.2) is 31.6 Å². The number of carbonyl (C=O) groups is 1.